The van der Waals surface area contributed by atoms with Crippen molar-refractivity contribution >= 4 is 5.91 Å². The van der Waals surface area contributed by atoms with Gasteiger partial charge in [0.05, 0.1) is 13.2 Å². The molecule has 1 amide bonds. The van der Waals surface area contributed by atoms with Crippen molar-refractivity contribution in [2.45, 2.75) is 25.8 Å². The molecule has 134 valence electrons. The number of rotatable bonds is 8. The number of hydrogen-bond donors (Lipinski definition) is 1. The van der Waals surface area contributed by atoms with E-state index >= 15 is 0 Å². The van der Waals surface area contributed by atoms with Gasteiger partial charge in [0.15, 0.2) is 0 Å². The van der Waals surface area contributed by atoms with Gasteiger partial charge in [-0.25, -0.2) is 0 Å². The van der Waals surface area contributed by atoms with E-state index in [4.69, 9.17) is 4.74 Å². The fourth-order valence-corrected chi connectivity index (χ4v) is 2.85. The second-order valence-corrected chi connectivity index (χ2v) is 6.55. The normalized spacial score (nSPS) is 12.0. The molecule has 0 saturated heterocycles. The van der Waals surface area contributed by atoms with Crippen LogP contribution in [0.25, 0.3) is 0 Å². The summed E-state index contributed by atoms with van der Waals surface area (Å²) >= 11 is 0. The quantitative estimate of drug-likeness (QED) is 0.801. The highest BCUT2D eigenvalue weighted by Gasteiger charge is 2.15. The molecule has 1 atom stereocenters. The van der Waals surface area contributed by atoms with Crippen LogP contribution in [-0.4, -0.2) is 38.6 Å². The molecule has 2 aromatic carbocycles. The molecule has 2 aromatic rings. The zero-order chi connectivity index (χ0) is 18.2. The average molecular weight is 340 g/mol. The fraction of sp³-hybridized carbons (Fsp3) is 0.381. The number of methoxy groups -OCH3 is 1. The molecule has 0 bridgehead atoms. The zero-order valence-corrected chi connectivity index (χ0v) is 15.6. The summed E-state index contributed by atoms with van der Waals surface area (Å²) in [5.41, 5.74) is 3.59. The molecule has 4 nitrogen and oxygen atoms in total. The topological polar surface area (TPSA) is 41.6 Å². The molecular weight excluding hydrogens is 312 g/mol. The summed E-state index contributed by atoms with van der Waals surface area (Å²) in [6.45, 7) is 2.66. The van der Waals surface area contributed by atoms with E-state index in [0.29, 0.717) is 13.0 Å². The Morgan fingerprint density at radius 1 is 1.16 bits per heavy atom. The van der Waals surface area contributed by atoms with Crippen molar-refractivity contribution < 1.29 is 9.53 Å². The Hall–Kier alpha value is -2.33. The highest BCUT2D eigenvalue weighted by Crippen LogP contribution is 2.20. The molecule has 0 heterocycles. The number of amides is 1. The van der Waals surface area contributed by atoms with E-state index in [-0.39, 0.29) is 11.9 Å². The first-order valence-corrected chi connectivity index (χ1v) is 8.62. The Labute approximate surface area is 150 Å². The molecule has 1 N–H and O–H groups in total. The van der Waals surface area contributed by atoms with Crippen LogP contribution in [0.1, 0.15) is 29.2 Å². The summed E-state index contributed by atoms with van der Waals surface area (Å²) in [5, 5.41) is 3.06. The zero-order valence-electron chi connectivity index (χ0n) is 15.6. The van der Waals surface area contributed by atoms with Gasteiger partial charge in [-0.3, -0.25) is 4.79 Å². The number of carbonyl (C=O) groups is 1. The highest BCUT2D eigenvalue weighted by molar-refractivity contribution is 5.76. The lowest BCUT2D eigenvalue weighted by molar-refractivity contribution is -0.121. The maximum Gasteiger partial charge on any atom is 0.220 e. The average Bonchev–Trinajstić information content (AvgIpc) is 2.60. The van der Waals surface area contributed by atoms with Gasteiger partial charge >= 0.3 is 0 Å². The van der Waals surface area contributed by atoms with Crippen LogP contribution in [0.4, 0.5) is 0 Å². The van der Waals surface area contributed by atoms with Crippen molar-refractivity contribution in [3.8, 4) is 5.75 Å². The molecule has 4 heteroatoms. The van der Waals surface area contributed by atoms with Crippen molar-refractivity contribution in [3.05, 3.63) is 65.2 Å². The second kappa shape index (κ2) is 9.23. The molecule has 0 saturated carbocycles. The van der Waals surface area contributed by atoms with Gasteiger partial charge in [-0.1, -0.05) is 42.0 Å². The van der Waals surface area contributed by atoms with Crippen LogP contribution in [0.5, 0.6) is 5.75 Å². The third kappa shape index (κ3) is 5.91. The predicted octanol–water partition coefficient (Wildman–Crippen LogP) is 3.36. The first-order chi connectivity index (χ1) is 12.0. The number of aryl methyl sites for hydroxylation is 2. The van der Waals surface area contributed by atoms with E-state index in [0.717, 1.165) is 17.7 Å². The standard InChI is InChI=1S/C21H28N2O2/c1-16-6-5-7-17(14-16)8-13-21(24)22-15-20(23(2)3)18-9-11-19(25-4)12-10-18/h5-7,9-12,14,20H,8,13,15H2,1-4H3,(H,22,24). The number of nitrogens with one attached hydrogen (secondary N) is 1. The Kier molecular flexibility index (Phi) is 7.02. The molecule has 0 aromatic heterocycles. The Morgan fingerprint density at radius 2 is 1.88 bits per heavy atom. The number of carbonyl (C=O) groups excluding carboxylic acids is 1. The lowest BCUT2D eigenvalue weighted by atomic mass is 10.0. The molecule has 0 aliphatic rings. The molecule has 0 fully saturated rings. The maximum atomic E-state index is 12.2. The first-order valence-electron chi connectivity index (χ1n) is 8.62. The number of hydrogen-bond acceptors (Lipinski definition) is 3. The summed E-state index contributed by atoms with van der Waals surface area (Å²) in [6.07, 6.45) is 1.27. The molecule has 0 aliphatic heterocycles. The third-order valence-electron chi connectivity index (χ3n) is 4.34. The smallest absolute Gasteiger partial charge is 0.220 e. The van der Waals surface area contributed by atoms with E-state index in [1.165, 1.54) is 11.1 Å². The lowest BCUT2D eigenvalue weighted by Gasteiger charge is -2.25. The van der Waals surface area contributed by atoms with Crippen molar-refractivity contribution in [3.63, 3.8) is 0 Å². The first kappa shape index (κ1) is 19.0. The van der Waals surface area contributed by atoms with Crippen molar-refractivity contribution in [2.75, 3.05) is 27.7 Å². The Morgan fingerprint density at radius 3 is 2.48 bits per heavy atom. The van der Waals surface area contributed by atoms with Crippen LogP contribution in [0.15, 0.2) is 48.5 Å². The summed E-state index contributed by atoms with van der Waals surface area (Å²) in [6, 6.07) is 16.4. The molecule has 25 heavy (non-hydrogen) atoms. The van der Waals surface area contributed by atoms with Gasteiger partial charge in [-0.15, -0.1) is 0 Å². The molecule has 0 radical (unpaired) electrons. The number of likely N-dealkylation sites (N-methyl/N-ethyl adjacent to an activating group) is 1. The number of benzene rings is 2. The van der Waals surface area contributed by atoms with Gasteiger partial charge < -0.3 is 15.0 Å². The Bertz CT molecular complexity index is 681. The largest absolute Gasteiger partial charge is 0.497 e. The van der Waals surface area contributed by atoms with Crippen LogP contribution in [0.3, 0.4) is 0 Å². The van der Waals surface area contributed by atoms with E-state index in [2.05, 4.69) is 35.3 Å². The van der Waals surface area contributed by atoms with Crippen LogP contribution >= 0.6 is 0 Å². The van der Waals surface area contributed by atoms with E-state index in [9.17, 15) is 4.79 Å². The van der Waals surface area contributed by atoms with Crippen molar-refractivity contribution in [1.29, 1.82) is 0 Å². The molecule has 1 unspecified atom stereocenters. The Balaban J connectivity index is 1.88. The third-order valence-corrected chi connectivity index (χ3v) is 4.34. The van der Waals surface area contributed by atoms with Crippen molar-refractivity contribution in [2.24, 2.45) is 0 Å². The van der Waals surface area contributed by atoms with Gasteiger partial charge in [0.2, 0.25) is 5.91 Å². The van der Waals surface area contributed by atoms with Gasteiger partial charge in [0, 0.05) is 13.0 Å². The summed E-state index contributed by atoms with van der Waals surface area (Å²) in [7, 11) is 5.70. The van der Waals surface area contributed by atoms with E-state index in [1.54, 1.807) is 7.11 Å². The summed E-state index contributed by atoms with van der Waals surface area (Å²) in [4.78, 5) is 14.3. The van der Waals surface area contributed by atoms with Gasteiger partial charge in [-0.2, -0.15) is 0 Å². The minimum absolute atomic E-state index is 0.0851. The maximum absolute atomic E-state index is 12.2. The highest BCUT2D eigenvalue weighted by atomic mass is 16.5. The SMILES string of the molecule is COc1ccc(C(CNC(=O)CCc2cccc(C)c2)N(C)C)cc1. The second-order valence-electron chi connectivity index (χ2n) is 6.55. The summed E-state index contributed by atoms with van der Waals surface area (Å²) < 4.78 is 5.21. The minimum Gasteiger partial charge on any atom is -0.497 e. The van der Waals surface area contributed by atoms with Crippen LogP contribution in [-0.2, 0) is 11.2 Å². The monoisotopic (exact) mass is 340 g/mol. The number of nitrogens with zero attached hydrogens (tertiary/aromatic N) is 1. The van der Waals surface area contributed by atoms with Gasteiger partial charge in [0.25, 0.3) is 0 Å². The van der Waals surface area contributed by atoms with E-state index < -0.39 is 0 Å². The fourth-order valence-electron chi connectivity index (χ4n) is 2.85. The van der Waals surface area contributed by atoms with Crippen LogP contribution in [0, 0.1) is 6.92 Å². The lowest BCUT2D eigenvalue weighted by Crippen LogP contribution is -2.34. The van der Waals surface area contributed by atoms with Crippen LogP contribution in [0.2, 0.25) is 0 Å². The van der Waals surface area contributed by atoms with E-state index in [1.807, 2.05) is 44.4 Å². The van der Waals surface area contributed by atoms with Gasteiger partial charge in [-0.05, 0) is 50.7 Å². The summed E-state index contributed by atoms with van der Waals surface area (Å²) in [5.74, 6) is 0.922. The predicted molar refractivity (Wildman–Crippen MR) is 102 cm³/mol. The minimum atomic E-state index is 0.0851. The number of ether oxygens (including phenoxy) is 1. The van der Waals surface area contributed by atoms with Crippen LogP contribution < -0.4 is 10.1 Å². The molecule has 0 aliphatic carbocycles. The molecule has 2 rings (SSSR count). The molecular formula is C21H28N2O2. The molecule has 0 spiro atoms. The van der Waals surface area contributed by atoms with Gasteiger partial charge in [0.1, 0.15) is 5.75 Å². The van der Waals surface area contributed by atoms with Crippen molar-refractivity contribution in [1.82, 2.24) is 10.2 Å².